The third-order valence-corrected chi connectivity index (χ3v) is 3.09. The van der Waals surface area contributed by atoms with Crippen molar-refractivity contribution in [3.8, 4) is 0 Å². The van der Waals surface area contributed by atoms with Crippen molar-refractivity contribution in [3.05, 3.63) is 35.4 Å². The second kappa shape index (κ2) is 4.69. The minimum Gasteiger partial charge on any atom is -0.310 e. The van der Waals surface area contributed by atoms with Crippen molar-refractivity contribution in [2.75, 3.05) is 6.54 Å². The molecule has 0 aromatic heterocycles. The van der Waals surface area contributed by atoms with Gasteiger partial charge in [0.25, 0.3) is 0 Å². The number of rotatable bonds is 4. The van der Waals surface area contributed by atoms with Crippen LogP contribution >= 0.6 is 0 Å². The fraction of sp³-hybridized carbons (Fsp3) is 0.538. The van der Waals surface area contributed by atoms with Crippen LogP contribution in [0.1, 0.15) is 36.9 Å². The molecule has 0 heterocycles. The minimum atomic E-state index is -4.25. The molecule has 17 heavy (non-hydrogen) atoms. The summed E-state index contributed by atoms with van der Waals surface area (Å²) in [7, 11) is 0. The number of alkyl halides is 3. The monoisotopic (exact) mass is 243 g/mol. The predicted octanol–water partition coefficient (Wildman–Crippen LogP) is 3.77. The Kier molecular flexibility index (Phi) is 3.43. The summed E-state index contributed by atoms with van der Waals surface area (Å²) >= 11 is 0. The Balaban J connectivity index is 2.24. The van der Waals surface area contributed by atoms with Crippen LogP contribution in [0.2, 0.25) is 0 Å². The molecule has 1 saturated carbocycles. The molecule has 94 valence electrons. The van der Waals surface area contributed by atoms with Crippen LogP contribution in [0.5, 0.6) is 0 Å². The molecule has 1 aliphatic carbocycles. The number of halogens is 3. The maximum absolute atomic E-state index is 12.6. The van der Waals surface area contributed by atoms with E-state index >= 15 is 0 Å². The van der Waals surface area contributed by atoms with Crippen molar-refractivity contribution >= 4 is 0 Å². The summed E-state index contributed by atoms with van der Waals surface area (Å²) in [5, 5.41) is 3.27. The van der Waals surface area contributed by atoms with Crippen LogP contribution in [0.4, 0.5) is 13.2 Å². The number of benzene rings is 1. The van der Waals surface area contributed by atoms with Gasteiger partial charge < -0.3 is 5.32 Å². The van der Waals surface area contributed by atoms with Gasteiger partial charge in [0.15, 0.2) is 0 Å². The van der Waals surface area contributed by atoms with Gasteiger partial charge in [0.2, 0.25) is 0 Å². The highest BCUT2D eigenvalue weighted by Gasteiger charge is 2.34. The van der Waals surface area contributed by atoms with E-state index in [4.69, 9.17) is 0 Å². The maximum atomic E-state index is 12.6. The molecule has 1 aromatic carbocycles. The molecule has 0 spiro atoms. The third-order valence-electron chi connectivity index (χ3n) is 3.09. The molecule has 0 bridgehead atoms. The summed E-state index contributed by atoms with van der Waals surface area (Å²) < 4.78 is 37.8. The first-order valence-electron chi connectivity index (χ1n) is 5.93. The SMILES string of the molecule is CCNC(c1cccc(C(F)(F)F)c1)C1CC1. The van der Waals surface area contributed by atoms with Gasteiger partial charge in [-0.3, -0.25) is 0 Å². The fourth-order valence-electron chi connectivity index (χ4n) is 2.11. The van der Waals surface area contributed by atoms with E-state index in [2.05, 4.69) is 5.32 Å². The quantitative estimate of drug-likeness (QED) is 0.848. The van der Waals surface area contributed by atoms with Crippen molar-refractivity contribution in [1.82, 2.24) is 5.32 Å². The Morgan fingerprint density at radius 3 is 2.59 bits per heavy atom. The van der Waals surface area contributed by atoms with E-state index in [0.29, 0.717) is 5.92 Å². The van der Waals surface area contributed by atoms with Crippen molar-refractivity contribution < 1.29 is 13.2 Å². The van der Waals surface area contributed by atoms with Crippen molar-refractivity contribution in [2.24, 2.45) is 5.92 Å². The molecule has 1 aliphatic rings. The van der Waals surface area contributed by atoms with Crippen LogP contribution in [0, 0.1) is 5.92 Å². The Morgan fingerprint density at radius 1 is 1.35 bits per heavy atom. The molecule has 0 radical (unpaired) electrons. The summed E-state index contributed by atoms with van der Waals surface area (Å²) in [4.78, 5) is 0. The first-order chi connectivity index (χ1) is 8.02. The summed E-state index contributed by atoms with van der Waals surface area (Å²) in [6.45, 7) is 2.75. The molecular weight excluding hydrogens is 227 g/mol. The first kappa shape index (κ1) is 12.4. The van der Waals surface area contributed by atoms with E-state index in [1.807, 2.05) is 6.92 Å². The fourth-order valence-corrected chi connectivity index (χ4v) is 2.11. The molecule has 0 saturated heterocycles. The Bertz CT molecular complexity index is 382. The Labute approximate surface area is 99.0 Å². The smallest absolute Gasteiger partial charge is 0.310 e. The predicted molar refractivity (Wildman–Crippen MR) is 60.6 cm³/mol. The van der Waals surface area contributed by atoms with Gasteiger partial charge in [-0.25, -0.2) is 0 Å². The third kappa shape index (κ3) is 3.00. The molecular formula is C13H16F3N. The van der Waals surface area contributed by atoms with Gasteiger partial charge in [0.1, 0.15) is 0 Å². The minimum absolute atomic E-state index is 0.0716. The lowest BCUT2D eigenvalue weighted by Crippen LogP contribution is -2.23. The van der Waals surface area contributed by atoms with Gasteiger partial charge in [-0.2, -0.15) is 13.2 Å². The molecule has 4 heteroatoms. The Hall–Kier alpha value is -1.03. The lowest BCUT2D eigenvalue weighted by molar-refractivity contribution is -0.137. The van der Waals surface area contributed by atoms with Crippen LogP contribution in [0.15, 0.2) is 24.3 Å². The highest BCUT2D eigenvalue weighted by Crippen LogP contribution is 2.42. The van der Waals surface area contributed by atoms with Gasteiger partial charge in [-0.15, -0.1) is 0 Å². The summed E-state index contributed by atoms with van der Waals surface area (Å²) in [6, 6.07) is 5.74. The van der Waals surface area contributed by atoms with Crippen LogP contribution in [0.3, 0.4) is 0 Å². The van der Waals surface area contributed by atoms with Crippen LogP contribution < -0.4 is 5.32 Å². The van der Waals surface area contributed by atoms with E-state index in [0.717, 1.165) is 31.0 Å². The topological polar surface area (TPSA) is 12.0 Å². The largest absolute Gasteiger partial charge is 0.416 e. The molecule has 1 fully saturated rings. The van der Waals surface area contributed by atoms with Gasteiger partial charge in [-0.1, -0.05) is 19.1 Å². The zero-order chi connectivity index (χ0) is 12.5. The number of hydrogen-bond donors (Lipinski definition) is 1. The average Bonchev–Trinajstić information content (AvgIpc) is 3.09. The lowest BCUT2D eigenvalue weighted by atomic mass is 10.00. The highest BCUT2D eigenvalue weighted by molar-refractivity contribution is 5.29. The van der Waals surface area contributed by atoms with Gasteiger partial charge in [0, 0.05) is 6.04 Å². The molecule has 1 N–H and O–H groups in total. The lowest BCUT2D eigenvalue weighted by Gasteiger charge is -2.19. The van der Waals surface area contributed by atoms with E-state index in [-0.39, 0.29) is 6.04 Å². The van der Waals surface area contributed by atoms with E-state index in [9.17, 15) is 13.2 Å². The van der Waals surface area contributed by atoms with Crippen molar-refractivity contribution in [2.45, 2.75) is 32.0 Å². The molecule has 1 unspecified atom stereocenters. The van der Waals surface area contributed by atoms with Gasteiger partial charge >= 0.3 is 6.18 Å². The Morgan fingerprint density at radius 2 is 2.06 bits per heavy atom. The molecule has 0 amide bonds. The van der Waals surface area contributed by atoms with E-state index in [1.54, 1.807) is 6.07 Å². The van der Waals surface area contributed by atoms with Gasteiger partial charge in [0.05, 0.1) is 5.56 Å². The summed E-state index contributed by atoms with van der Waals surface area (Å²) in [5.41, 5.74) is 0.197. The summed E-state index contributed by atoms with van der Waals surface area (Å²) in [5.74, 6) is 0.499. The normalized spacial score (nSPS) is 18.1. The van der Waals surface area contributed by atoms with Crippen molar-refractivity contribution in [1.29, 1.82) is 0 Å². The maximum Gasteiger partial charge on any atom is 0.416 e. The molecule has 0 aliphatic heterocycles. The van der Waals surface area contributed by atoms with Crippen LogP contribution in [-0.4, -0.2) is 6.54 Å². The van der Waals surface area contributed by atoms with Crippen LogP contribution in [-0.2, 0) is 6.18 Å². The molecule has 1 atom stereocenters. The number of hydrogen-bond acceptors (Lipinski definition) is 1. The zero-order valence-electron chi connectivity index (χ0n) is 9.72. The highest BCUT2D eigenvalue weighted by atomic mass is 19.4. The first-order valence-corrected chi connectivity index (χ1v) is 5.93. The standard InChI is InChI=1S/C13H16F3N/c1-2-17-12(9-6-7-9)10-4-3-5-11(8-10)13(14,15)16/h3-5,8-9,12,17H,2,6-7H2,1H3. The molecule has 1 nitrogen and oxygen atoms in total. The number of nitrogens with one attached hydrogen (secondary N) is 1. The van der Waals surface area contributed by atoms with E-state index in [1.165, 1.54) is 12.1 Å². The summed E-state index contributed by atoms with van der Waals surface area (Å²) in [6.07, 6.45) is -2.04. The van der Waals surface area contributed by atoms with Gasteiger partial charge in [-0.05, 0) is 43.0 Å². The van der Waals surface area contributed by atoms with Crippen LogP contribution in [0.25, 0.3) is 0 Å². The second-order valence-corrected chi connectivity index (χ2v) is 4.50. The van der Waals surface area contributed by atoms with Crippen molar-refractivity contribution in [3.63, 3.8) is 0 Å². The zero-order valence-corrected chi connectivity index (χ0v) is 9.72. The average molecular weight is 243 g/mol. The van der Waals surface area contributed by atoms with E-state index < -0.39 is 11.7 Å². The molecule has 2 rings (SSSR count). The second-order valence-electron chi connectivity index (χ2n) is 4.50. The molecule has 1 aromatic rings.